The summed E-state index contributed by atoms with van der Waals surface area (Å²) in [6.45, 7) is 2.07. The third kappa shape index (κ3) is 1.63. The highest BCUT2D eigenvalue weighted by atomic mass is 32.2. The van der Waals surface area contributed by atoms with E-state index in [4.69, 9.17) is 8.70 Å². The zero-order valence-corrected chi connectivity index (χ0v) is 9.50. The van der Waals surface area contributed by atoms with Gasteiger partial charge in [0.25, 0.3) is 0 Å². The second kappa shape index (κ2) is 3.75. The van der Waals surface area contributed by atoms with Gasteiger partial charge >= 0.3 is 0 Å². The molecule has 1 N–H and O–H groups in total. The van der Waals surface area contributed by atoms with E-state index in [1.165, 1.54) is 5.56 Å². The van der Waals surface area contributed by atoms with Crippen LogP contribution >= 0.6 is 12.2 Å². The van der Waals surface area contributed by atoms with Crippen molar-refractivity contribution < 1.29 is 8.70 Å². The van der Waals surface area contributed by atoms with Gasteiger partial charge in [-0.25, -0.2) is 0 Å². The molecule has 1 aromatic heterocycles. The Hall–Kier alpha value is -1.62. The van der Waals surface area contributed by atoms with E-state index in [-0.39, 0.29) is 0 Å². The van der Waals surface area contributed by atoms with Gasteiger partial charge < -0.3 is 4.42 Å². The smallest absolute Gasteiger partial charge is 0.208 e. The Morgan fingerprint density at radius 2 is 2.38 bits per heavy atom. The summed E-state index contributed by atoms with van der Waals surface area (Å²) in [5, 5.41) is 5.01. The van der Waals surface area contributed by atoms with Gasteiger partial charge in [-0.15, -0.1) is 0 Å². The highest BCUT2D eigenvalue weighted by Crippen LogP contribution is 2.23. The van der Waals surface area contributed by atoms with Gasteiger partial charge in [-0.2, -0.15) is 0 Å². The van der Waals surface area contributed by atoms with Gasteiger partial charge in [0, 0.05) is 17.4 Å². The first-order valence-electron chi connectivity index (χ1n) is 4.95. The molecule has 0 unspecified atom stereocenters. The molecule has 3 rings (SSSR count). The van der Waals surface area contributed by atoms with Crippen molar-refractivity contribution in [2.24, 2.45) is 5.16 Å². The first kappa shape index (κ1) is 9.59. The Morgan fingerprint density at radius 1 is 1.44 bits per heavy atom. The van der Waals surface area contributed by atoms with Crippen LogP contribution in [0.3, 0.4) is 0 Å². The van der Waals surface area contributed by atoms with Crippen LogP contribution in [-0.4, -0.2) is 5.84 Å². The molecule has 82 valence electrons. The summed E-state index contributed by atoms with van der Waals surface area (Å²) in [7, 11) is 0. The van der Waals surface area contributed by atoms with Gasteiger partial charge in [0.2, 0.25) is 12.2 Å². The van der Waals surface area contributed by atoms with E-state index >= 15 is 0 Å². The monoisotopic (exact) mass is 234 g/mol. The molecule has 0 radical (unpaired) electrons. The first-order valence-corrected chi connectivity index (χ1v) is 5.69. The summed E-state index contributed by atoms with van der Waals surface area (Å²) in [5.74, 6) is 0.814. The van der Waals surface area contributed by atoms with Gasteiger partial charge in [-0.05, 0) is 19.1 Å². The molecule has 0 saturated heterocycles. The molecule has 0 saturated carbocycles. The minimum atomic E-state index is 0.698. The average molecular weight is 234 g/mol. The van der Waals surface area contributed by atoms with E-state index < -0.39 is 0 Å². The SMILES string of the molecule is Cc1ccc2occ(CC3=NOSN3)c2c1. The van der Waals surface area contributed by atoms with Gasteiger partial charge in [0.15, 0.2) is 5.84 Å². The normalized spacial score (nSPS) is 14.7. The zero-order chi connectivity index (χ0) is 11.0. The van der Waals surface area contributed by atoms with Crippen molar-refractivity contribution in [1.82, 2.24) is 4.72 Å². The first-order chi connectivity index (χ1) is 7.83. The predicted molar refractivity (Wildman–Crippen MR) is 63.9 cm³/mol. The standard InChI is InChI=1S/C11H10N2O2S/c1-7-2-3-10-9(4-7)8(6-14-10)5-11-12-15-16-13-11/h2-4,6H,5H2,1H3,(H,12,13). The molecule has 0 aliphatic carbocycles. The lowest BCUT2D eigenvalue weighted by Gasteiger charge is -1.97. The van der Waals surface area contributed by atoms with E-state index in [1.54, 1.807) is 6.26 Å². The number of furan rings is 1. The topological polar surface area (TPSA) is 46.8 Å². The number of aryl methyl sites for hydroxylation is 1. The number of benzene rings is 1. The molecule has 1 aliphatic heterocycles. The molecule has 4 nitrogen and oxygen atoms in total. The molecule has 0 bridgehead atoms. The molecule has 1 aromatic carbocycles. The Kier molecular flexibility index (Phi) is 2.25. The molecule has 0 fully saturated rings. The Bertz CT molecular complexity index is 562. The summed E-state index contributed by atoms with van der Waals surface area (Å²) in [4.78, 5) is 0. The van der Waals surface area contributed by atoms with E-state index in [9.17, 15) is 0 Å². The van der Waals surface area contributed by atoms with Crippen molar-refractivity contribution in [3.63, 3.8) is 0 Å². The molecular formula is C11H10N2O2S. The van der Waals surface area contributed by atoms with Crippen LogP contribution in [0.5, 0.6) is 0 Å². The molecule has 5 heteroatoms. The van der Waals surface area contributed by atoms with Gasteiger partial charge in [0.1, 0.15) is 5.58 Å². The zero-order valence-electron chi connectivity index (χ0n) is 8.69. The molecule has 0 amide bonds. The van der Waals surface area contributed by atoms with Crippen LogP contribution in [0, 0.1) is 6.92 Å². The fourth-order valence-corrected chi connectivity index (χ4v) is 2.10. The van der Waals surface area contributed by atoms with Gasteiger partial charge in [-0.3, -0.25) is 9.01 Å². The summed E-state index contributed by atoms with van der Waals surface area (Å²) >= 11 is 1.13. The van der Waals surface area contributed by atoms with E-state index in [0.29, 0.717) is 6.42 Å². The van der Waals surface area contributed by atoms with Crippen LogP contribution in [0.15, 0.2) is 34.0 Å². The maximum Gasteiger partial charge on any atom is 0.208 e. The number of oxime groups is 1. The minimum absolute atomic E-state index is 0.698. The summed E-state index contributed by atoms with van der Waals surface area (Å²) in [5.41, 5.74) is 3.26. The number of rotatable bonds is 2. The van der Waals surface area contributed by atoms with Crippen LogP contribution in [0.4, 0.5) is 0 Å². The number of nitrogens with one attached hydrogen (secondary N) is 1. The molecule has 0 atom stereocenters. The van der Waals surface area contributed by atoms with E-state index in [2.05, 4.69) is 22.9 Å². The van der Waals surface area contributed by atoms with Crippen LogP contribution < -0.4 is 4.72 Å². The summed E-state index contributed by atoms with van der Waals surface area (Å²) in [6, 6.07) is 6.15. The van der Waals surface area contributed by atoms with Crippen molar-refractivity contribution in [3.8, 4) is 0 Å². The molecular weight excluding hydrogens is 224 g/mol. The Labute approximate surface area is 97.0 Å². The van der Waals surface area contributed by atoms with Gasteiger partial charge in [-0.1, -0.05) is 16.8 Å². The molecule has 2 heterocycles. The number of amidine groups is 1. The average Bonchev–Trinajstić information content (AvgIpc) is 2.90. The third-order valence-electron chi connectivity index (χ3n) is 2.51. The third-order valence-corrected chi connectivity index (χ3v) is 2.98. The van der Waals surface area contributed by atoms with Gasteiger partial charge in [0.05, 0.1) is 6.26 Å². The number of hydrogen-bond donors (Lipinski definition) is 1. The number of nitrogens with zero attached hydrogens (tertiary/aromatic N) is 1. The molecule has 0 spiro atoms. The molecule has 2 aromatic rings. The Balaban J connectivity index is 1.99. The fraction of sp³-hybridized carbons (Fsp3) is 0.182. The fourth-order valence-electron chi connectivity index (χ4n) is 1.73. The van der Waals surface area contributed by atoms with Crippen LogP contribution in [0.2, 0.25) is 0 Å². The van der Waals surface area contributed by atoms with Crippen molar-refractivity contribution in [3.05, 3.63) is 35.6 Å². The van der Waals surface area contributed by atoms with Crippen molar-refractivity contribution in [2.75, 3.05) is 0 Å². The maximum absolute atomic E-state index is 5.48. The second-order valence-corrected chi connectivity index (χ2v) is 4.26. The summed E-state index contributed by atoms with van der Waals surface area (Å²) in [6.07, 6.45) is 2.47. The second-order valence-electron chi connectivity index (χ2n) is 3.74. The van der Waals surface area contributed by atoms with E-state index in [0.717, 1.165) is 34.6 Å². The molecule has 1 aliphatic rings. The lowest BCUT2D eigenvalue weighted by atomic mass is 10.1. The minimum Gasteiger partial charge on any atom is -0.464 e. The predicted octanol–water partition coefficient (Wildman–Crippen LogP) is 2.78. The number of hydrogen-bond acceptors (Lipinski definition) is 5. The largest absolute Gasteiger partial charge is 0.464 e. The molecule has 16 heavy (non-hydrogen) atoms. The van der Waals surface area contributed by atoms with Crippen LogP contribution in [0.1, 0.15) is 11.1 Å². The van der Waals surface area contributed by atoms with Crippen molar-refractivity contribution in [2.45, 2.75) is 13.3 Å². The number of fused-ring (bicyclic) bond motifs is 1. The lowest BCUT2D eigenvalue weighted by molar-refractivity contribution is 0.415. The summed E-state index contributed by atoms with van der Waals surface area (Å²) < 4.78 is 13.3. The quantitative estimate of drug-likeness (QED) is 0.641. The highest BCUT2D eigenvalue weighted by molar-refractivity contribution is 7.93. The van der Waals surface area contributed by atoms with Crippen molar-refractivity contribution >= 4 is 29.0 Å². The van der Waals surface area contributed by atoms with E-state index in [1.807, 2.05) is 12.1 Å². The lowest BCUT2D eigenvalue weighted by Crippen LogP contribution is -2.13. The van der Waals surface area contributed by atoms with Crippen molar-refractivity contribution in [1.29, 1.82) is 0 Å². The highest BCUT2D eigenvalue weighted by Gasteiger charge is 2.13. The Morgan fingerprint density at radius 3 is 3.19 bits per heavy atom. The van der Waals surface area contributed by atoms with Crippen LogP contribution in [0.25, 0.3) is 11.0 Å². The maximum atomic E-state index is 5.48. The van der Waals surface area contributed by atoms with Crippen LogP contribution in [-0.2, 0) is 10.7 Å².